The van der Waals surface area contributed by atoms with Crippen molar-refractivity contribution in [3.05, 3.63) is 30.5 Å². The molecular weight excluding hydrogens is 280 g/mol. The van der Waals surface area contributed by atoms with Crippen molar-refractivity contribution in [3.63, 3.8) is 0 Å². The van der Waals surface area contributed by atoms with Gasteiger partial charge in [0.25, 0.3) is 0 Å². The van der Waals surface area contributed by atoms with Crippen LogP contribution in [0.2, 0.25) is 0 Å². The van der Waals surface area contributed by atoms with Crippen molar-refractivity contribution < 1.29 is 4.79 Å². The summed E-state index contributed by atoms with van der Waals surface area (Å²) >= 11 is 0. The van der Waals surface area contributed by atoms with Gasteiger partial charge >= 0.3 is 0 Å². The predicted octanol–water partition coefficient (Wildman–Crippen LogP) is 2.79. The fourth-order valence-electron chi connectivity index (χ4n) is 1.80. The van der Waals surface area contributed by atoms with Gasteiger partial charge in [0.2, 0.25) is 11.9 Å². The second-order valence-corrected chi connectivity index (χ2v) is 4.83. The minimum absolute atomic E-state index is 0.0981. The van der Waals surface area contributed by atoms with Gasteiger partial charge in [-0.3, -0.25) is 4.79 Å². The second-order valence-electron chi connectivity index (χ2n) is 4.83. The highest BCUT2D eigenvalue weighted by Gasteiger charge is 2.02. The number of hydrogen-bond donors (Lipinski definition) is 3. The number of carbonyl (C=O) groups excluding carboxylic acids is 1. The number of benzene rings is 1. The molecule has 1 aromatic heterocycles. The van der Waals surface area contributed by atoms with Crippen LogP contribution in [-0.2, 0) is 4.79 Å². The predicted molar refractivity (Wildman–Crippen MR) is 87.3 cm³/mol. The Morgan fingerprint density at radius 3 is 2.59 bits per heavy atom. The quantitative estimate of drug-likeness (QED) is 0.681. The Labute approximate surface area is 129 Å². The van der Waals surface area contributed by atoms with Gasteiger partial charge in [0.05, 0.1) is 6.20 Å². The lowest BCUT2D eigenvalue weighted by atomic mass is 10.3. The molecule has 1 heterocycles. The smallest absolute Gasteiger partial charge is 0.249 e. The molecule has 0 aliphatic rings. The highest BCUT2D eigenvalue weighted by atomic mass is 16.1. The van der Waals surface area contributed by atoms with Crippen LogP contribution in [0.1, 0.15) is 26.7 Å². The summed E-state index contributed by atoms with van der Waals surface area (Å²) in [6, 6.07) is 7.29. The molecule has 1 aromatic carbocycles. The van der Waals surface area contributed by atoms with E-state index in [1.165, 1.54) is 6.92 Å². The van der Waals surface area contributed by atoms with Crippen LogP contribution in [0.25, 0.3) is 0 Å². The molecule has 7 heteroatoms. The number of amides is 1. The maximum Gasteiger partial charge on any atom is 0.249 e. The van der Waals surface area contributed by atoms with Crippen LogP contribution in [-0.4, -0.2) is 27.6 Å². The summed E-state index contributed by atoms with van der Waals surface area (Å²) in [5.74, 6) is 1.02. The van der Waals surface area contributed by atoms with Crippen molar-refractivity contribution in [1.82, 2.24) is 15.2 Å². The topological polar surface area (TPSA) is 91.8 Å². The van der Waals surface area contributed by atoms with Gasteiger partial charge < -0.3 is 16.0 Å². The van der Waals surface area contributed by atoms with Gasteiger partial charge in [0.1, 0.15) is 0 Å². The van der Waals surface area contributed by atoms with E-state index in [1.54, 1.807) is 18.3 Å². The molecule has 22 heavy (non-hydrogen) atoms. The molecule has 0 fully saturated rings. The van der Waals surface area contributed by atoms with Crippen LogP contribution in [0, 0.1) is 0 Å². The molecule has 2 rings (SSSR count). The highest BCUT2D eigenvalue weighted by Crippen LogP contribution is 2.17. The molecule has 7 nitrogen and oxygen atoms in total. The number of carbonyl (C=O) groups is 1. The molecule has 0 bridgehead atoms. The van der Waals surface area contributed by atoms with Crippen molar-refractivity contribution >= 4 is 29.0 Å². The molecule has 116 valence electrons. The Bertz CT molecular complexity index is 614. The fourth-order valence-corrected chi connectivity index (χ4v) is 1.80. The van der Waals surface area contributed by atoms with E-state index in [2.05, 4.69) is 38.1 Å². The van der Waals surface area contributed by atoms with Gasteiger partial charge in [-0.25, -0.2) is 0 Å². The van der Waals surface area contributed by atoms with E-state index >= 15 is 0 Å². The Morgan fingerprint density at radius 2 is 1.91 bits per heavy atom. The van der Waals surface area contributed by atoms with Gasteiger partial charge in [0, 0.05) is 24.8 Å². The Balaban J connectivity index is 1.97. The second kappa shape index (κ2) is 7.92. The molecule has 1 amide bonds. The lowest BCUT2D eigenvalue weighted by Gasteiger charge is -2.08. The molecule has 0 saturated heterocycles. The summed E-state index contributed by atoms with van der Waals surface area (Å²) in [6.45, 7) is 4.47. The van der Waals surface area contributed by atoms with Gasteiger partial charge in [-0.15, -0.1) is 5.10 Å². The van der Waals surface area contributed by atoms with Gasteiger partial charge in [-0.1, -0.05) is 13.3 Å². The number of rotatable bonds is 7. The van der Waals surface area contributed by atoms with E-state index in [0.29, 0.717) is 11.8 Å². The maximum atomic E-state index is 11.0. The van der Waals surface area contributed by atoms with Gasteiger partial charge in [0.15, 0.2) is 5.82 Å². The monoisotopic (exact) mass is 300 g/mol. The molecule has 0 radical (unpaired) electrons. The summed E-state index contributed by atoms with van der Waals surface area (Å²) in [5.41, 5.74) is 1.56. The normalized spacial score (nSPS) is 10.1. The van der Waals surface area contributed by atoms with Crippen LogP contribution >= 0.6 is 0 Å². The molecule has 0 atom stereocenters. The number of nitrogens with one attached hydrogen (secondary N) is 3. The van der Waals surface area contributed by atoms with Crippen molar-refractivity contribution in [2.24, 2.45) is 0 Å². The number of aromatic nitrogens is 3. The number of nitrogens with zero attached hydrogens (tertiary/aromatic N) is 3. The zero-order chi connectivity index (χ0) is 15.8. The third-order valence-electron chi connectivity index (χ3n) is 2.86. The number of hydrogen-bond acceptors (Lipinski definition) is 6. The summed E-state index contributed by atoms with van der Waals surface area (Å²) in [6.07, 6.45) is 3.80. The van der Waals surface area contributed by atoms with Crippen LogP contribution < -0.4 is 16.0 Å². The van der Waals surface area contributed by atoms with Crippen molar-refractivity contribution in [3.8, 4) is 0 Å². The Morgan fingerprint density at radius 1 is 1.18 bits per heavy atom. The maximum absolute atomic E-state index is 11.0. The lowest BCUT2D eigenvalue weighted by molar-refractivity contribution is -0.114. The molecule has 2 aromatic rings. The summed E-state index contributed by atoms with van der Waals surface area (Å²) in [7, 11) is 0. The first kappa shape index (κ1) is 15.7. The number of unbranched alkanes of at least 4 members (excludes halogenated alkanes) is 1. The van der Waals surface area contributed by atoms with Crippen molar-refractivity contribution in [2.45, 2.75) is 26.7 Å². The van der Waals surface area contributed by atoms with Crippen LogP contribution in [0.5, 0.6) is 0 Å². The van der Waals surface area contributed by atoms with Crippen LogP contribution in [0.15, 0.2) is 30.5 Å². The third kappa shape index (κ3) is 5.01. The number of anilines is 4. The third-order valence-corrected chi connectivity index (χ3v) is 2.86. The van der Waals surface area contributed by atoms with Gasteiger partial charge in [-0.2, -0.15) is 10.1 Å². The summed E-state index contributed by atoms with van der Waals surface area (Å²) < 4.78 is 0. The largest absolute Gasteiger partial charge is 0.369 e. The SMILES string of the molecule is CCCCNc1cnnc(Nc2ccc(NC(C)=O)cc2)n1. The fraction of sp³-hybridized carbons (Fsp3) is 0.333. The lowest BCUT2D eigenvalue weighted by Crippen LogP contribution is -2.07. The minimum Gasteiger partial charge on any atom is -0.369 e. The van der Waals surface area contributed by atoms with Crippen LogP contribution in [0.4, 0.5) is 23.1 Å². The first-order valence-corrected chi connectivity index (χ1v) is 7.25. The molecule has 3 N–H and O–H groups in total. The first-order valence-electron chi connectivity index (χ1n) is 7.25. The minimum atomic E-state index is -0.0981. The van der Waals surface area contributed by atoms with E-state index in [0.717, 1.165) is 30.8 Å². The molecule has 0 unspecified atom stereocenters. The van der Waals surface area contributed by atoms with E-state index in [-0.39, 0.29) is 5.91 Å². The first-order chi connectivity index (χ1) is 10.7. The highest BCUT2D eigenvalue weighted by molar-refractivity contribution is 5.88. The standard InChI is InChI=1S/C15H20N6O/c1-3-4-9-16-14-10-17-21-15(20-14)19-13-7-5-12(6-8-13)18-11(2)22/h5-8,10H,3-4,9H2,1-2H3,(H,18,22)(H2,16,19,20,21). The summed E-state index contributed by atoms with van der Waals surface area (Å²) in [5, 5.41) is 16.9. The average Bonchev–Trinajstić information content (AvgIpc) is 2.49. The molecular formula is C15H20N6O. The zero-order valence-electron chi connectivity index (χ0n) is 12.8. The van der Waals surface area contributed by atoms with E-state index < -0.39 is 0 Å². The Hall–Kier alpha value is -2.70. The van der Waals surface area contributed by atoms with E-state index in [1.807, 2.05) is 12.1 Å². The Kier molecular flexibility index (Phi) is 5.65. The van der Waals surface area contributed by atoms with E-state index in [9.17, 15) is 4.79 Å². The molecule has 0 aliphatic carbocycles. The van der Waals surface area contributed by atoms with Gasteiger partial charge in [-0.05, 0) is 30.7 Å². The van der Waals surface area contributed by atoms with E-state index in [4.69, 9.17) is 0 Å². The summed E-state index contributed by atoms with van der Waals surface area (Å²) in [4.78, 5) is 15.3. The van der Waals surface area contributed by atoms with Crippen LogP contribution in [0.3, 0.4) is 0 Å². The molecule has 0 saturated carbocycles. The molecule has 0 spiro atoms. The molecule has 0 aliphatic heterocycles. The average molecular weight is 300 g/mol. The van der Waals surface area contributed by atoms with Crippen molar-refractivity contribution in [1.29, 1.82) is 0 Å². The zero-order valence-corrected chi connectivity index (χ0v) is 12.8. The van der Waals surface area contributed by atoms with Crippen molar-refractivity contribution in [2.75, 3.05) is 22.5 Å².